The summed E-state index contributed by atoms with van der Waals surface area (Å²) in [6.45, 7) is 0. The number of carboxylic acid groups (broad SMARTS) is 1. The molecule has 0 aliphatic heterocycles. The maximum Gasteiger partial charge on any atom is 0.335 e. The molecule has 5 nitrogen and oxygen atoms in total. The summed E-state index contributed by atoms with van der Waals surface area (Å²) in [5.41, 5.74) is 4.47. The Labute approximate surface area is 146 Å². The van der Waals surface area contributed by atoms with Gasteiger partial charge in [-0.2, -0.15) is 0 Å². The van der Waals surface area contributed by atoms with Crippen LogP contribution in [0.2, 0.25) is 0 Å². The summed E-state index contributed by atoms with van der Waals surface area (Å²) in [6, 6.07) is 5.43. The second-order valence-electron chi connectivity index (χ2n) is 6.78. The monoisotopic (exact) mass is 335 g/mol. The van der Waals surface area contributed by atoms with E-state index in [2.05, 4.69) is 14.5 Å². The van der Waals surface area contributed by atoms with Gasteiger partial charge >= 0.3 is 5.97 Å². The Morgan fingerprint density at radius 3 is 2.68 bits per heavy atom. The molecule has 2 heterocycles. The molecule has 0 radical (unpaired) electrons. The highest BCUT2D eigenvalue weighted by Gasteiger charge is 2.26. The van der Waals surface area contributed by atoms with E-state index < -0.39 is 5.97 Å². The number of benzene rings is 1. The highest BCUT2D eigenvalue weighted by Crippen LogP contribution is 2.43. The van der Waals surface area contributed by atoms with Gasteiger partial charge in [0.15, 0.2) is 0 Å². The lowest BCUT2D eigenvalue weighted by molar-refractivity contribution is 0.0697. The van der Waals surface area contributed by atoms with E-state index in [1.807, 2.05) is 13.1 Å². The van der Waals surface area contributed by atoms with E-state index in [9.17, 15) is 9.90 Å². The van der Waals surface area contributed by atoms with Crippen molar-refractivity contribution in [2.24, 2.45) is 7.05 Å². The number of fused-ring (bicyclic) bond motifs is 1. The number of carbonyl (C=O) groups is 1. The number of rotatable bonds is 3. The number of aromatic carboxylic acids is 1. The van der Waals surface area contributed by atoms with Gasteiger partial charge in [0.2, 0.25) is 0 Å². The van der Waals surface area contributed by atoms with Gasteiger partial charge in [-0.15, -0.1) is 0 Å². The average Bonchev–Trinajstić information content (AvgIpc) is 2.95. The topological polar surface area (TPSA) is 68.0 Å². The standard InChI is InChI=1S/C20H21N3O2/c1-23-17-11-14(20(24)25)7-8-15(17)18(13-5-3-2-4-6-13)19(23)16-12-21-9-10-22-16/h7-13H,2-6H2,1H3,(H,24,25). The van der Waals surface area contributed by atoms with E-state index in [1.165, 1.54) is 37.7 Å². The van der Waals surface area contributed by atoms with Gasteiger partial charge in [0, 0.05) is 30.3 Å². The van der Waals surface area contributed by atoms with Crippen molar-refractivity contribution in [3.8, 4) is 11.4 Å². The molecule has 1 saturated carbocycles. The summed E-state index contributed by atoms with van der Waals surface area (Å²) >= 11 is 0. The van der Waals surface area contributed by atoms with Crippen molar-refractivity contribution in [2.45, 2.75) is 38.0 Å². The predicted molar refractivity (Wildman–Crippen MR) is 96.7 cm³/mol. The molecule has 1 aromatic carbocycles. The lowest BCUT2D eigenvalue weighted by Crippen LogP contribution is -2.06. The zero-order valence-corrected chi connectivity index (χ0v) is 14.3. The van der Waals surface area contributed by atoms with Crippen molar-refractivity contribution >= 4 is 16.9 Å². The summed E-state index contributed by atoms with van der Waals surface area (Å²) in [5.74, 6) is -0.409. The Kier molecular flexibility index (Phi) is 3.99. The van der Waals surface area contributed by atoms with Crippen molar-refractivity contribution in [1.82, 2.24) is 14.5 Å². The number of nitrogens with zero attached hydrogens (tertiary/aromatic N) is 3. The van der Waals surface area contributed by atoms with Crippen molar-refractivity contribution in [2.75, 3.05) is 0 Å². The molecule has 0 atom stereocenters. The molecule has 1 aliphatic carbocycles. The van der Waals surface area contributed by atoms with Crippen molar-refractivity contribution in [1.29, 1.82) is 0 Å². The van der Waals surface area contributed by atoms with E-state index in [4.69, 9.17) is 0 Å². The van der Waals surface area contributed by atoms with E-state index in [-0.39, 0.29) is 0 Å². The van der Waals surface area contributed by atoms with Gasteiger partial charge < -0.3 is 9.67 Å². The molecule has 0 bridgehead atoms. The molecule has 25 heavy (non-hydrogen) atoms. The van der Waals surface area contributed by atoms with Crippen LogP contribution in [0.5, 0.6) is 0 Å². The zero-order valence-electron chi connectivity index (χ0n) is 14.3. The second kappa shape index (κ2) is 6.31. The molecule has 0 spiro atoms. The van der Waals surface area contributed by atoms with Gasteiger partial charge in [0.05, 0.1) is 17.5 Å². The van der Waals surface area contributed by atoms with E-state index >= 15 is 0 Å². The van der Waals surface area contributed by atoms with Crippen molar-refractivity contribution in [3.05, 3.63) is 47.9 Å². The van der Waals surface area contributed by atoms with Crippen LogP contribution >= 0.6 is 0 Å². The van der Waals surface area contributed by atoms with Crippen LogP contribution < -0.4 is 0 Å². The maximum atomic E-state index is 11.4. The zero-order chi connectivity index (χ0) is 17.4. The minimum atomic E-state index is -0.900. The Morgan fingerprint density at radius 1 is 1.20 bits per heavy atom. The normalized spacial score (nSPS) is 15.6. The molecule has 1 fully saturated rings. The molecule has 0 saturated heterocycles. The molecular weight excluding hydrogens is 314 g/mol. The van der Waals surface area contributed by atoms with Crippen LogP contribution in [0, 0.1) is 0 Å². The number of hydrogen-bond acceptors (Lipinski definition) is 3. The fourth-order valence-corrected chi connectivity index (χ4v) is 4.13. The Hall–Kier alpha value is -2.69. The van der Waals surface area contributed by atoms with Gasteiger partial charge in [-0.05, 0) is 36.5 Å². The van der Waals surface area contributed by atoms with Crippen LogP contribution in [0.4, 0.5) is 0 Å². The van der Waals surface area contributed by atoms with Crippen LogP contribution in [0.15, 0.2) is 36.8 Å². The number of aromatic nitrogens is 3. The van der Waals surface area contributed by atoms with Gasteiger partial charge in [-0.3, -0.25) is 9.97 Å². The summed E-state index contributed by atoms with van der Waals surface area (Å²) in [4.78, 5) is 20.1. The van der Waals surface area contributed by atoms with E-state index in [0.29, 0.717) is 11.5 Å². The highest BCUT2D eigenvalue weighted by molar-refractivity contribution is 5.97. The summed E-state index contributed by atoms with van der Waals surface area (Å²) in [6.07, 6.45) is 11.3. The molecule has 5 heteroatoms. The molecule has 0 amide bonds. The fourth-order valence-electron chi connectivity index (χ4n) is 4.13. The molecule has 128 valence electrons. The number of hydrogen-bond donors (Lipinski definition) is 1. The van der Waals surface area contributed by atoms with Gasteiger partial charge in [0.1, 0.15) is 5.69 Å². The van der Waals surface area contributed by atoms with Crippen LogP contribution in [0.3, 0.4) is 0 Å². The summed E-state index contributed by atoms with van der Waals surface area (Å²) in [7, 11) is 1.99. The lowest BCUT2D eigenvalue weighted by Gasteiger charge is -2.23. The predicted octanol–water partition coefficient (Wildman–Crippen LogP) is 4.38. The van der Waals surface area contributed by atoms with Crippen LogP contribution in [-0.4, -0.2) is 25.6 Å². The Balaban J connectivity index is 2.00. The SMILES string of the molecule is Cn1c(-c2cnccn2)c(C2CCCCC2)c2ccc(C(=O)O)cc21. The lowest BCUT2D eigenvalue weighted by atomic mass is 9.82. The van der Waals surface area contributed by atoms with Crippen molar-refractivity contribution < 1.29 is 9.90 Å². The smallest absolute Gasteiger partial charge is 0.335 e. The van der Waals surface area contributed by atoms with E-state index in [1.54, 1.807) is 30.7 Å². The van der Waals surface area contributed by atoms with Crippen molar-refractivity contribution in [3.63, 3.8) is 0 Å². The third-order valence-electron chi connectivity index (χ3n) is 5.31. The largest absolute Gasteiger partial charge is 0.478 e. The molecule has 3 aromatic rings. The number of aryl methyl sites for hydroxylation is 1. The van der Waals surface area contributed by atoms with Crippen LogP contribution in [-0.2, 0) is 7.05 Å². The first-order valence-electron chi connectivity index (χ1n) is 8.79. The molecular formula is C20H21N3O2. The first-order valence-corrected chi connectivity index (χ1v) is 8.79. The highest BCUT2D eigenvalue weighted by atomic mass is 16.4. The Bertz CT molecular complexity index is 925. The first-order chi connectivity index (χ1) is 12.2. The molecule has 0 unspecified atom stereocenters. The van der Waals surface area contributed by atoms with Crippen LogP contribution in [0.25, 0.3) is 22.3 Å². The minimum absolute atomic E-state index is 0.314. The Morgan fingerprint density at radius 2 is 2.00 bits per heavy atom. The van der Waals surface area contributed by atoms with Gasteiger partial charge in [-0.1, -0.05) is 25.3 Å². The quantitative estimate of drug-likeness (QED) is 0.771. The van der Waals surface area contributed by atoms with Crippen LogP contribution in [0.1, 0.15) is 53.9 Å². The average molecular weight is 335 g/mol. The molecule has 1 N–H and O–H groups in total. The maximum absolute atomic E-state index is 11.4. The molecule has 1 aliphatic rings. The minimum Gasteiger partial charge on any atom is -0.478 e. The first kappa shape index (κ1) is 15.8. The molecule has 2 aromatic heterocycles. The van der Waals surface area contributed by atoms with Gasteiger partial charge in [0.25, 0.3) is 0 Å². The summed E-state index contributed by atoms with van der Waals surface area (Å²) in [5, 5.41) is 10.5. The van der Waals surface area contributed by atoms with Gasteiger partial charge in [-0.25, -0.2) is 4.79 Å². The van der Waals surface area contributed by atoms with E-state index in [0.717, 1.165) is 22.3 Å². The third kappa shape index (κ3) is 2.69. The summed E-state index contributed by atoms with van der Waals surface area (Å²) < 4.78 is 2.08. The third-order valence-corrected chi connectivity index (χ3v) is 5.31. The second-order valence-corrected chi connectivity index (χ2v) is 6.78. The molecule has 4 rings (SSSR count). The fraction of sp³-hybridized carbons (Fsp3) is 0.350. The number of carboxylic acids is 1.